The minimum atomic E-state index is -4.18. The maximum atomic E-state index is 14.6. The molecular formula is C36H40BrN3O5S. The zero-order valence-electron chi connectivity index (χ0n) is 26.4. The molecule has 0 aliphatic carbocycles. The Labute approximate surface area is 280 Å². The van der Waals surface area contributed by atoms with Crippen molar-refractivity contribution in [2.24, 2.45) is 0 Å². The Morgan fingerprint density at radius 1 is 0.891 bits per heavy atom. The van der Waals surface area contributed by atoms with Gasteiger partial charge in [0.2, 0.25) is 11.8 Å². The molecule has 4 aromatic rings. The lowest BCUT2D eigenvalue weighted by atomic mass is 10.0. The van der Waals surface area contributed by atoms with Crippen molar-refractivity contribution >= 4 is 43.5 Å². The Morgan fingerprint density at radius 2 is 1.59 bits per heavy atom. The molecule has 0 aliphatic heterocycles. The monoisotopic (exact) mass is 705 g/mol. The van der Waals surface area contributed by atoms with Gasteiger partial charge in [-0.05, 0) is 66.9 Å². The third kappa shape index (κ3) is 9.20. The second-order valence-corrected chi connectivity index (χ2v) is 13.8. The van der Waals surface area contributed by atoms with Gasteiger partial charge < -0.3 is 15.0 Å². The second kappa shape index (κ2) is 16.4. The van der Waals surface area contributed by atoms with Gasteiger partial charge in [0.15, 0.2) is 0 Å². The normalized spacial score (nSPS) is 11.8. The van der Waals surface area contributed by atoms with Gasteiger partial charge >= 0.3 is 0 Å². The van der Waals surface area contributed by atoms with Crippen LogP contribution in [0.3, 0.4) is 0 Å². The van der Waals surface area contributed by atoms with Crippen LogP contribution in [0.1, 0.15) is 36.5 Å². The number of anilines is 1. The molecular weight excluding hydrogens is 666 g/mol. The zero-order chi connectivity index (χ0) is 33.1. The number of nitrogens with one attached hydrogen (secondary N) is 1. The summed E-state index contributed by atoms with van der Waals surface area (Å²) in [6, 6.07) is 29.2. The van der Waals surface area contributed by atoms with Crippen molar-refractivity contribution in [3.05, 3.63) is 124 Å². The summed E-state index contributed by atoms with van der Waals surface area (Å²) >= 11 is 3.44. The molecule has 0 saturated heterocycles. The van der Waals surface area contributed by atoms with E-state index in [0.717, 1.165) is 33.8 Å². The summed E-state index contributed by atoms with van der Waals surface area (Å²) in [6.45, 7) is 3.92. The molecule has 0 unspecified atom stereocenters. The molecule has 0 aliphatic rings. The smallest absolute Gasteiger partial charge is 0.264 e. The summed E-state index contributed by atoms with van der Waals surface area (Å²) in [5.41, 5.74) is 2.84. The number of carbonyl (C=O) groups is 2. The van der Waals surface area contributed by atoms with Crippen molar-refractivity contribution in [1.82, 2.24) is 10.2 Å². The third-order valence-electron chi connectivity index (χ3n) is 7.57. The topological polar surface area (TPSA) is 96.0 Å². The highest BCUT2D eigenvalue weighted by Gasteiger charge is 2.34. The van der Waals surface area contributed by atoms with Crippen LogP contribution in [0.2, 0.25) is 0 Å². The van der Waals surface area contributed by atoms with Gasteiger partial charge in [0.25, 0.3) is 10.0 Å². The van der Waals surface area contributed by atoms with E-state index in [1.807, 2.05) is 62.4 Å². The van der Waals surface area contributed by atoms with Gasteiger partial charge in [-0.2, -0.15) is 0 Å². The van der Waals surface area contributed by atoms with E-state index in [9.17, 15) is 18.0 Å². The van der Waals surface area contributed by atoms with Crippen LogP contribution in [0.5, 0.6) is 5.75 Å². The molecule has 46 heavy (non-hydrogen) atoms. The van der Waals surface area contributed by atoms with Crippen LogP contribution < -0.4 is 14.4 Å². The van der Waals surface area contributed by atoms with Gasteiger partial charge in [-0.3, -0.25) is 13.9 Å². The highest BCUT2D eigenvalue weighted by molar-refractivity contribution is 9.10. The van der Waals surface area contributed by atoms with Crippen molar-refractivity contribution < 1.29 is 22.7 Å². The van der Waals surface area contributed by atoms with Gasteiger partial charge in [-0.15, -0.1) is 0 Å². The van der Waals surface area contributed by atoms with Gasteiger partial charge in [0, 0.05) is 24.0 Å². The number of sulfonamides is 1. The van der Waals surface area contributed by atoms with E-state index >= 15 is 0 Å². The molecule has 10 heteroatoms. The first-order valence-corrected chi connectivity index (χ1v) is 17.4. The molecule has 8 nitrogen and oxygen atoms in total. The first-order chi connectivity index (χ1) is 22.1. The van der Waals surface area contributed by atoms with E-state index in [1.165, 1.54) is 17.0 Å². The number of unbranched alkanes of at least 4 members (excludes halogenated alkanes) is 1. The number of benzene rings is 4. The van der Waals surface area contributed by atoms with Crippen LogP contribution in [0.25, 0.3) is 0 Å². The van der Waals surface area contributed by atoms with Crippen LogP contribution in [0.4, 0.5) is 5.69 Å². The van der Waals surface area contributed by atoms with E-state index in [2.05, 4.69) is 21.2 Å². The van der Waals surface area contributed by atoms with Gasteiger partial charge in [-0.1, -0.05) is 95.5 Å². The standard InChI is InChI=1S/C36H40BrN3O5S/c1-4-5-21-38-36(42)34(23-28-11-7-6-8-12-28)39(25-29-13-9-16-32(22-29)45-3)35(41)26-40(31-15-10-14-30(37)24-31)46(43,44)33-19-17-27(2)18-20-33/h6-20,22,24,34H,4-5,21,23,25-26H2,1-3H3,(H,38,42)/t34-/m1/s1. The van der Waals surface area contributed by atoms with E-state index < -0.39 is 28.5 Å². The minimum Gasteiger partial charge on any atom is -0.497 e. The lowest BCUT2D eigenvalue weighted by Gasteiger charge is -2.34. The number of amides is 2. The summed E-state index contributed by atoms with van der Waals surface area (Å²) in [5.74, 6) is -0.219. The number of methoxy groups -OCH3 is 1. The Morgan fingerprint density at radius 3 is 2.26 bits per heavy atom. The molecule has 0 heterocycles. The van der Waals surface area contributed by atoms with Crippen LogP contribution in [-0.4, -0.2) is 51.4 Å². The summed E-state index contributed by atoms with van der Waals surface area (Å²) in [4.78, 5) is 30.0. The predicted octanol–water partition coefficient (Wildman–Crippen LogP) is 6.52. The van der Waals surface area contributed by atoms with Crippen molar-refractivity contribution in [1.29, 1.82) is 0 Å². The zero-order valence-corrected chi connectivity index (χ0v) is 28.8. The van der Waals surface area contributed by atoms with Crippen molar-refractivity contribution in [3.63, 3.8) is 0 Å². The number of hydrogen-bond acceptors (Lipinski definition) is 5. The lowest BCUT2D eigenvalue weighted by molar-refractivity contribution is -0.140. The quantitative estimate of drug-likeness (QED) is 0.142. The van der Waals surface area contributed by atoms with E-state index in [4.69, 9.17) is 4.74 Å². The molecule has 0 saturated carbocycles. The summed E-state index contributed by atoms with van der Waals surface area (Å²) in [7, 11) is -2.61. The van der Waals surface area contributed by atoms with Crippen molar-refractivity contribution in [3.8, 4) is 5.75 Å². The molecule has 1 N–H and O–H groups in total. The second-order valence-electron chi connectivity index (χ2n) is 11.0. The average molecular weight is 707 g/mol. The van der Waals surface area contributed by atoms with Gasteiger partial charge in [0.05, 0.1) is 17.7 Å². The first-order valence-electron chi connectivity index (χ1n) is 15.2. The average Bonchev–Trinajstić information content (AvgIpc) is 3.05. The number of hydrogen-bond donors (Lipinski definition) is 1. The highest BCUT2D eigenvalue weighted by Crippen LogP contribution is 2.28. The molecule has 1 atom stereocenters. The fourth-order valence-corrected chi connectivity index (χ4v) is 6.82. The molecule has 4 aromatic carbocycles. The summed E-state index contributed by atoms with van der Waals surface area (Å²) < 4.78 is 35.5. The molecule has 2 amide bonds. The Balaban J connectivity index is 1.80. The Hall–Kier alpha value is -4.15. The fraction of sp³-hybridized carbons (Fsp3) is 0.278. The molecule has 0 aromatic heterocycles. The number of rotatable bonds is 15. The Bertz CT molecular complexity index is 1720. The number of halogens is 1. The van der Waals surface area contributed by atoms with Gasteiger partial charge in [0.1, 0.15) is 18.3 Å². The minimum absolute atomic E-state index is 0.0587. The van der Waals surface area contributed by atoms with Crippen LogP contribution in [0.15, 0.2) is 112 Å². The molecule has 4 rings (SSSR count). The van der Waals surface area contributed by atoms with Crippen molar-refractivity contribution in [2.75, 3.05) is 24.5 Å². The molecule has 0 bridgehead atoms. The summed E-state index contributed by atoms with van der Waals surface area (Å²) in [5, 5.41) is 3.01. The van der Waals surface area contributed by atoms with Crippen LogP contribution in [0, 0.1) is 6.92 Å². The number of ether oxygens (including phenoxy) is 1. The summed E-state index contributed by atoms with van der Waals surface area (Å²) in [6.07, 6.45) is 1.93. The lowest BCUT2D eigenvalue weighted by Crippen LogP contribution is -2.53. The fourth-order valence-electron chi connectivity index (χ4n) is 5.03. The maximum absolute atomic E-state index is 14.6. The number of carbonyl (C=O) groups excluding carboxylic acids is 2. The largest absolute Gasteiger partial charge is 0.497 e. The van der Waals surface area contributed by atoms with Crippen LogP contribution >= 0.6 is 15.9 Å². The van der Waals surface area contributed by atoms with Gasteiger partial charge in [-0.25, -0.2) is 8.42 Å². The van der Waals surface area contributed by atoms with E-state index in [1.54, 1.807) is 49.6 Å². The molecule has 0 radical (unpaired) electrons. The Kier molecular flexibility index (Phi) is 12.4. The molecule has 0 fully saturated rings. The van der Waals surface area contributed by atoms with Crippen LogP contribution in [-0.2, 0) is 32.6 Å². The van der Waals surface area contributed by atoms with E-state index in [0.29, 0.717) is 22.5 Å². The SMILES string of the molecule is CCCCNC(=O)[C@@H](Cc1ccccc1)N(Cc1cccc(OC)c1)C(=O)CN(c1cccc(Br)c1)S(=O)(=O)c1ccc(C)cc1. The van der Waals surface area contributed by atoms with E-state index in [-0.39, 0.29) is 23.8 Å². The maximum Gasteiger partial charge on any atom is 0.264 e. The molecule has 242 valence electrons. The molecule has 0 spiro atoms. The van der Waals surface area contributed by atoms with Crippen molar-refractivity contribution in [2.45, 2.75) is 50.6 Å². The number of aryl methyl sites for hydroxylation is 1. The predicted molar refractivity (Wildman–Crippen MR) is 185 cm³/mol. The number of nitrogens with zero attached hydrogens (tertiary/aromatic N) is 2. The first kappa shape index (κ1) is 34.7. The third-order valence-corrected chi connectivity index (χ3v) is 9.85. The highest BCUT2D eigenvalue weighted by atomic mass is 79.9.